The van der Waals surface area contributed by atoms with Crippen LogP contribution in [-0.2, 0) is 4.79 Å². The third kappa shape index (κ3) is 4.71. The first-order valence-electron chi connectivity index (χ1n) is 8.51. The topological polar surface area (TPSA) is 72.9 Å². The summed E-state index contributed by atoms with van der Waals surface area (Å²) in [6.45, 7) is 8.72. The molecule has 1 aromatic rings. The van der Waals surface area contributed by atoms with Gasteiger partial charge in [-0.25, -0.2) is 0 Å². The monoisotopic (exact) mass is 333 g/mol. The van der Waals surface area contributed by atoms with Crippen molar-refractivity contribution in [1.82, 2.24) is 15.1 Å². The lowest BCUT2D eigenvalue weighted by Crippen LogP contribution is -2.51. The van der Waals surface area contributed by atoms with Gasteiger partial charge in [0.25, 0.3) is 5.91 Å². The minimum absolute atomic E-state index is 0.0148. The average Bonchev–Trinajstić information content (AvgIpc) is 2.57. The highest BCUT2D eigenvalue weighted by molar-refractivity contribution is 5.97. The molecule has 6 nitrogen and oxygen atoms in total. The molecule has 0 bridgehead atoms. The number of phenols is 1. The SMILES string of the molecule is CCC(C)NC(=O)CN1CCN(C(=O)c2cc(C)ccc2O)CC1. The van der Waals surface area contributed by atoms with Gasteiger partial charge in [-0.3, -0.25) is 14.5 Å². The molecule has 1 aliphatic rings. The number of carbonyl (C=O) groups is 2. The smallest absolute Gasteiger partial charge is 0.257 e. The van der Waals surface area contributed by atoms with E-state index in [0.29, 0.717) is 38.3 Å². The Balaban J connectivity index is 1.87. The van der Waals surface area contributed by atoms with Crippen molar-refractivity contribution in [3.63, 3.8) is 0 Å². The number of benzene rings is 1. The van der Waals surface area contributed by atoms with Crippen molar-refractivity contribution < 1.29 is 14.7 Å². The van der Waals surface area contributed by atoms with Gasteiger partial charge in [0.15, 0.2) is 0 Å². The van der Waals surface area contributed by atoms with E-state index in [1.807, 2.05) is 20.8 Å². The van der Waals surface area contributed by atoms with Crippen LogP contribution in [0.4, 0.5) is 0 Å². The maximum atomic E-state index is 12.6. The molecule has 132 valence electrons. The molecule has 1 fully saturated rings. The van der Waals surface area contributed by atoms with Crippen LogP contribution in [0, 0.1) is 6.92 Å². The number of aromatic hydroxyl groups is 1. The van der Waals surface area contributed by atoms with Crippen LogP contribution in [0.3, 0.4) is 0 Å². The van der Waals surface area contributed by atoms with Crippen LogP contribution in [-0.4, -0.2) is 65.5 Å². The number of nitrogens with zero attached hydrogens (tertiary/aromatic N) is 2. The molecule has 1 aliphatic heterocycles. The largest absolute Gasteiger partial charge is 0.507 e. The zero-order chi connectivity index (χ0) is 17.7. The minimum atomic E-state index is -0.153. The summed E-state index contributed by atoms with van der Waals surface area (Å²) in [6.07, 6.45) is 0.911. The van der Waals surface area contributed by atoms with Gasteiger partial charge in [-0.05, 0) is 32.4 Å². The van der Waals surface area contributed by atoms with Gasteiger partial charge in [0.1, 0.15) is 5.75 Å². The normalized spacial score (nSPS) is 16.7. The molecule has 1 saturated heterocycles. The van der Waals surface area contributed by atoms with E-state index in [4.69, 9.17) is 0 Å². The maximum Gasteiger partial charge on any atom is 0.257 e. The fourth-order valence-corrected chi connectivity index (χ4v) is 2.73. The van der Waals surface area contributed by atoms with Gasteiger partial charge in [0, 0.05) is 32.2 Å². The molecule has 24 heavy (non-hydrogen) atoms. The molecule has 0 spiro atoms. The van der Waals surface area contributed by atoms with Crippen molar-refractivity contribution in [2.24, 2.45) is 0 Å². The van der Waals surface area contributed by atoms with Crippen LogP contribution in [0.5, 0.6) is 5.75 Å². The average molecular weight is 333 g/mol. The summed E-state index contributed by atoms with van der Waals surface area (Å²) in [4.78, 5) is 28.3. The van der Waals surface area contributed by atoms with Crippen LogP contribution in [0.15, 0.2) is 18.2 Å². The first-order chi connectivity index (χ1) is 11.4. The van der Waals surface area contributed by atoms with Crippen molar-refractivity contribution in [3.05, 3.63) is 29.3 Å². The van der Waals surface area contributed by atoms with Gasteiger partial charge in [-0.1, -0.05) is 18.6 Å². The number of carbonyl (C=O) groups excluding carboxylic acids is 2. The Morgan fingerprint density at radius 2 is 1.92 bits per heavy atom. The molecule has 1 aromatic carbocycles. The van der Waals surface area contributed by atoms with Gasteiger partial charge < -0.3 is 15.3 Å². The van der Waals surface area contributed by atoms with Crippen molar-refractivity contribution in [2.45, 2.75) is 33.2 Å². The third-order valence-electron chi connectivity index (χ3n) is 4.43. The molecule has 2 rings (SSSR count). The molecule has 0 aliphatic carbocycles. The summed E-state index contributed by atoms with van der Waals surface area (Å²) in [5.74, 6) is -0.110. The first kappa shape index (κ1) is 18.3. The highest BCUT2D eigenvalue weighted by Gasteiger charge is 2.25. The fraction of sp³-hybridized carbons (Fsp3) is 0.556. The minimum Gasteiger partial charge on any atom is -0.507 e. The highest BCUT2D eigenvalue weighted by atomic mass is 16.3. The van der Waals surface area contributed by atoms with E-state index in [9.17, 15) is 14.7 Å². The maximum absolute atomic E-state index is 12.6. The Morgan fingerprint density at radius 1 is 1.25 bits per heavy atom. The molecule has 2 amide bonds. The van der Waals surface area contributed by atoms with E-state index in [0.717, 1.165) is 12.0 Å². The Morgan fingerprint density at radius 3 is 2.54 bits per heavy atom. The quantitative estimate of drug-likeness (QED) is 0.854. The number of hydrogen-bond donors (Lipinski definition) is 2. The van der Waals surface area contributed by atoms with Crippen molar-refractivity contribution in [3.8, 4) is 5.75 Å². The molecule has 6 heteroatoms. The van der Waals surface area contributed by atoms with Crippen LogP contribution in [0.1, 0.15) is 36.2 Å². The van der Waals surface area contributed by atoms with E-state index in [2.05, 4.69) is 10.2 Å². The second-order valence-electron chi connectivity index (χ2n) is 6.47. The van der Waals surface area contributed by atoms with Gasteiger partial charge in [0.05, 0.1) is 12.1 Å². The molecule has 0 aromatic heterocycles. The third-order valence-corrected chi connectivity index (χ3v) is 4.43. The van der Waals surface area contributed by atoms with Crippen LogP contribution >= 0.6 is 0 Å². The molecular weight excluding hydrogens is 306 g/mol. The molecule has 1 atom stereocenters. The first-order valence-corrected chi connectivity index (χ1v) is 8.51. The van der Waals surface area contributed by atoms with E-state index in [1.54, 1.807) is 23.1 Å². The van der Waals surface area contributed by atoms with Crippen molar-refractivity contribution in [1.29, 1.82) is 0 Å². The van der Waals surface area contributed by atoms with Crippen LogP contribution in [0.25, 0.3) is 0 Å². The Kier molecular flexibility index (Phi) is 6.20. The van der Waals surface area contributed by atoms with E-state index >= 15 is 0 Å². The van der Waals surface area contributed by atoms with E-state index in [-0.39, 0.29) is 23.6 Å². The molecule has 1 heterocycles. The molecule has 2 N–H and O–H groups in total. The standard InChI is InChI=1S/C18H27N3O3/c1-4-14(3)19-17(23)12-20-7-9-21(10-8-20)18(24)15-11-13(2)5-6-16(15)22/h5-6,11,14,22H,4,7-10,12H2,1-3H3,(H,19,23). The zero-order valence-electron chi connectivity index (χ0n) is 14.7. The van der Waals surface area contributed by atoms with Crippen LogP contribution < -0.4 is 5.32 Å². The summed E-state index contributed by atoms with van der Waals surface area (Å²) in [5, 5.41) is 12.9. The lowest BCUT2D eigenvalue weighted by Gasteiger charge is -2.34. The number of nitrogens with one attached hydrogen (secondary N) is 1. The zero-order valence-corrected chi connectivity index (χ0v) is 14.7. The summed E-state index contributed by atoms with van der Waals surface area (Å²) < 4.78 is 0. The summed E-state index contributed by atoms with van der Waals surface area (Å²) in [5.41, 5.74) is 1.29. The van der Waals surface area contributed by atoms with Gasteiger partial charge >= 0.3 is 0 Å². The molecule has 1 unspecified atom stereocenters. The predicted molar refractivity (Wildman–Crippen MR) is 93.1 cm³/mol. The molecule has 0 radical (unpaired) electrons. The van der Waals surface area contributed by atoms with Gasteiger partial charge in [0.2, 0.25) is 5.91 Å². The predicted octanol–water partition coefficient (Wildman–Crippen LogP) is 1.37. The number of aryl methyl sites for hydroxylation is 1. The number of phenolic OH excluding ortho intramolecular Hbond substituents is 1. The number of amides is 2. The van der Waals surface area contributed by atoms with Crippen molar-refractivity contribution >= 4 is 11.8 Å². The second kappa shape index (κ2) is 8.15. The van der Waals surface area contributed by atoms with E-state index < -0.39 is 0 Å². The summed E-state index contributed by atoms with van der Waals surface area (Å²) in [7, 11) is 0. The van der Waals surface area contributed by atoms with Gasteiger partial charge in [-0.15, -0.1) is 0 Å². The second-order valence-corrected chi connectivity index (χ2v) is 6.47. The number of rotatable bonds is 5. The lowest BCUT2D eigenvalue weighted by molar-refractivity contribution is -0.123. The Bertz CT molecular complexity index is 595. The number of hydrogen-bond acceptors (Lipinski definition) is 4. The Labute approximate surface area is 143 Å². The van der Waals surface area contributed by atoms with Crippen LogP contribution in [0.2, 0.25) is 0 Å². The fourth-order valence-electron chi connectivity index (χ4n) is 2.73. The van der Waals surface area contributed by atoms with Gasteiger partial charge in [-0.2, -0.15) is 0 Å². The lowest BCUT2D eigenvalue weighted by atomic mass is 10.1. The molecular formula is C18H27N3O3. The van der Waals surface area contributed by atoms with Crippen molar-refractivity contribution in [2.75, 3.05) is 32.7 Å². The van der Waals surface area contributed by atoms with E-state index in [1.165, 1.54) is 0 Å². The summed E-state index contributed by atoms with van der Waals surface area (Å²) in [6, 6.07) is 5.23. The number of piperazine rings is 1. The molecule has 0 saturated carbocycles. The summed E-state index contributed by atoms with van der Waals surface area (Å²) >= 11 is 0. The Hall–Kier alpha value is -2.08. The highest BCUT2D eigenvalue weighted by Crippen LogP contribution is 2.20.